The van der Waals surface area contributed by atoms with Gasteiger partial charge < -0.3 is 9.47 Å². The van der Waals surface area contributed by atoms with Gasteiger partial charge in [-0.15, -0.1) is 0 Å². The minimum Gasteiger partial charge on any atom is -0.496 e. The molecule has 3 aromatic rings. The molecule has 0 saturated heterocycles. The van der Waals surface area contributed by atoms with Crippen LogP contribution in [0.25, 0.3) is 10.9 Å². The van der Waals surface area contributed by atoms with Crippen LogP contribution in [0.1, 0.15) is 5.56 Å². The van der Waals surface area contributed by atoms with Gasteiger partial charge in [-0.25, -0.2) is 0 Å². The van der Waals surface area contributed by atoms with E-state index in [-0.39, 0.29) is 0 Å². The first-order chi connectivity index (χ1) is 10.3. The number of nitrogens with zero attached hydrogens (tertiary/aromatic N) is 1. The average molecular weight is 300 g/mol. The van der Waals surface area contributed by atoms with Crippen LogP contribution in [0.2, 0.25) is 5.02 Å². The minimum atomic E-state index is 0.379. The van der Waals surface area contributed by atoms with E-state index >= 15 is 0 Å². The van der Waals surface area contributed by atoms with Crippen LogP contribution in [0, 0.1) is 0 Å². The molecular formula is C17H14ClNO2. The van der Waals surface area contributed by atoms with Crippen molar-refractivity contribution in [1.82, 2.24) is 4.98 Å². The number of benzene rings is 2. The van der Waals surface area contributed by atoms with Crippen molar-refractivity contribution in [2.24, 2.45) is 0 Å². The van der Waals surface area contributed by atoms with Crippen molar-refractivity contribution >= 4 is 22.5 Å². The molecular weight excluding hydrogens is 286 g/mol. The summed E-state index contributed by atoms with van der Waals surface area (Å²) < 4.78 is 11.1. The lowest BCUT2D eigenvalue weighted by atomic mass is 10.2. The lowest BCUT2D eigenvalue weighted by Gasteiger charge is -2.11. The van der Waals surface area contributed by atoms with E-state index in [0.717, 1.165) is 28.0 Å². The predicted molar refractivity (Wildman–Crippen MR) is 84.1 cm³/mol. The molecule has 106 valence electrons. The molecule has 0 fully saturated rings. The van der Waals surface area contributed by atoms with Crippen LogP contribution < -0.4 is 9.47 Å². The van der Waals surface area contributed by atoms with E-state index in [4.69, 9.17) is 21.1 Å². The van der Waals surface area contributed by atoms with Crippen LogP contribution in [0.15, 0.2) is 54.7 Å². The molecule has 4 heteroatoms. The highest BCUT2D eigenvalue weighted by atomic mass is 35.5. The zero-order chi connectivity index (χ0) is 14.7. The van der Waals surface area contributed by atoms with Gasteiger partial charge in [0, 0.05) is 16.0 Å². The number of rotatable bonds is 4. The number of aromatic nitrogens is 1. The van der Waals surface area contributed by atoms with E-state index < -0.39 is 0 Å². The van der Waals surface area contributed by atoms with Crippen molar-refractivity contribution in [2.45, 2.75) is 6.61 Å². The molecule has 0 radical (unpaired) electrons. The first kappa shape index (κ1) is 13.7. The predicted octanol–water partition coefficient (Wildman–Crippen LogP) is 4.48. The Morgan fingerprint density at radius 3 is 2.81 bits per heavy atom. The van der Waals surface area contributed by atoms with Crippen LogP contribution in [0.4, 0.5) is 0 Å². The van der Waals surface area contributed by atoms with Gasteiger partial charge in [-0.3, -0.25) is 4.98 Å². The Balaban J connectivity index is 1.81. The number of pyridine rings is 1. The second kappa shape index (κ2) is 6.02. The molecule has 0 bridgehead atoms. The summed E-state index contributed by atoms with van der Waals surface area (Å²) in [5.74, 6) is 1.48. The quantitative estimate of drug-likeness (QED) is 0.712. The smallest absolute Gasteiger partial charge is 0.138 e. The van der Waals surface area contributed by atoms with Gasteiger partial charge in [0.05, 0.1) is 18.8 Å². The lowest BCUT2D eigenvalue weighted by molar-refractivity contribution is 0.296. The zero-order valence-electron chi connectivity index (χ0n) is 11.5. The van der Waals surface area contributed by atoms with Gasteiger partial charge in [0.2, 0.25) is 0 Å². The normalized spacial score (nSPS) is 10.6. The van der Waals surface area contributed by atoms with E-state index in [1.54, 1.807) is 19.4 Å². The van der Waals surface area contributed by atoms with E-state index in [1.165, 1.54) is 0 Å². The second-order valence-electron chi connectivity index (χ2n) is 4.61. The third-order valence-electron chi connectivity index (χ3n) is 3.20. The highest BCUT2D eigenvalue weighted by Crippen LogP contribution is 2.25. The Bertz CT molecular complexity index is 774. The summed E-state index contributed by atoms with van der Waals surface area (Å²) in [5.41, 5.74) is 1.85. The maximum absolute atomic E-state index is 6.01. The van der Waals surface area contributed by atoms with Gasteiger partial charge >= 0.3 is 0 Å². The van der Waals surface area contributed by atoms with E-state index in [2.05, 4.69) is 4.98 Å². The number of methoxy groups -OCH3 is 1. The van der Waals surface area contributed by atoms with E-state index in [1.807, 2.05) is 42.5 Å². The molecule has 0 saturated carbocycles. The number of hydrogen-bond donors (Lipinski definition) is 0. The third kappa shape index (κ3) is 3.09. The summed E-state index contributed by atoms with van der Waals surface area (Å²) in [6.07, 6.45) is 1.72. The van der Waals surface area contributed by atoms with Crippen LogP contribution in [0.3, 0.4) is 0 Å². The molecule has 0 amide bonds. The highest BCUT2D eigenvalue weighted by molar-refractivity contribution is 6.30. The van der Waals surface area contributed by atoms with E-state index in [0.29, 0.717) is 11.6 Å². The summed E-state index contributed by atoms with van der Waals surface area (Å²) in [6, 6.07) is 15.4. The monoisotopic (exact) mass is 299 g/mol. The molecule has 2 aromatic carbocycles. The van der Waals surface area contributed by atoms with Crippen LogP contribution >= 0.6 is 11.6 Å². The summed E-state index contributed by atoms with van der Waals surface area (Å²) >= 11 is 6.01. The molecule has 0 unspecified atom stereocenters. The largest absolute Gasteiger partial charge is 0.496 e. The van der Waals surface area contributed by atoms with Gasteiger partial charge in [-0.05, 0) is 30.3 Å². The Hall–Kier alpha value is -2.26. The van der Waals surface area contributed by atoms with Crippen LogP contribution in [-0.4, -0.2) is 12.1 Å². The van der Waals surface area contributed by atoms with Crippen molar-refractivity contribution < 1.29 is 9.47 Å². The third-order valence-corrected chi connectivity index (χ3v) is 3.44. The van der Waals surface area contributed by atoms with Crippen molar-refractivity contribution in [2.75, 3.05) is 7.11 Å². The number of para-hydroxylation sites is 1. The van der Waals surface area contributed by atoms with Gasteiger partial charge in [-0.2, -0.15) is 0 Å². The molecule has 0 N–H and O–H groups in total. The maximum Gasteiger partial charge on any atom is 0.138 e. The van der Waals surface area contributed by atoms with E-state index in [9.17, 15) is 0 Å². The molecule has 0 aliphatic rings. The zero-order valence-corrected chi connectivity index (χ0v) is 12.3. The maximum atomic E-state index is 6.01. The van der Waals surface area contributed by atoms with Gasteiger partial charge in [-0.1, -0.05) is 29.8 Å². The molecule has 0 atom stereocenters. The fraction of sp³-hybridized carbons (Fsp3) is 0.118. The molecule has 21 heavy (non-hydrogen) atoms. The molecule has 3 nitrogen and oxygen atoms in total. The topological polar surface area (TPSA) is 31.4 Å². The molecule has 1 aromatic heterocycles. The van der Waals surface area contributed by atoms with Crippen LogP contribution in [0.5, 0.6) is 11.5 Å². The summed E-state index contributed by atoms with van der Waals surface area (Å²) in [6.45, 7) is 0.379. The molecule has 1 heterocycles. The van der Waals surface area contributed by atoms with Gasteiger partial charge in [0.1, 0.15) is 18.1 Å². The SMILES string of the molecule is COc1ccc(Cl)cc1COc1cnc2ccccc2c1. The standard InChI is InChI=1S/C17H14ClNO2/c1-20-17-7-6-14(18)8-13(17)11-21-15-9-12-4-2-3-5-16(12)19-10-15/h2-10H,11H2,1H3. The first-order valence-corrected chi connectivity index (χ1v) is 6.94. The molecule has 0 spiro atoms. The average Bonchev–Trinajstić information content (AvgIpc) is 2.53. The Morgan fingerprint density at radius 2 is 1.95 bits per heavy atom. The second-order valence-corrected chi connectivity index (χ2v) is 5.05. The summed E-state index contributed by atoms with van der Waals surface area (Å²) in [7, 11) is 1.63. The van der Waals surface area contributed by atoms with Crippen molar-refractivity contribution in [3.63, 3.8) is 0 Å². The number of halogens is 1. The Morgan fingerprint density at radius 1 is 1.10 bits per heavy atom. The highest BCUT2D eigenvalue weighted by Gasteiger charge is 2.05. The van der Waals surface area contributed by atoms with Crippen LogP contribution in [-0.2, 0) is 6.61 Å². The number of hydrogen-bond acceptors (Lipinski definition) is 3. The lowest BCUT2D eigenvalue weighted by Crippen LogP contribution is -1.99. The van der Waals surface area contributed by atoms with Crippen molar-refractivity contribution in [3.05, 3.63) is 65.3 Å². The van der Waals surface area contributed by atoms with Gasteiger partial charge in [0.25, 0.3) is 0 Å². The Kier molecular flexibility index (Phi) is 3.93. The number of ether oxygens (including phenoxy) is 2. The summed E-state index contributed by atoms with van der Waals surface area (Å²) in [5, 5.41) is 1.71. The van der Waals surface area contributed by atoms with Crippen molar-refractivity contribution in [3.8, 4) is 11.5 Å². The fourth-order valence-corrected chi connectivity index (χ4v) is 2.35. The first-order valence-electron chi connectivity index (χ1n) is 6.56. The minimum absolute atomic E-state index is 0.379. The fourth-order valence-electron chi connectivity index (χ4n) is 2.15. The Labute approximate surface area is 128 Å². The molecule has 0 aliphatic heterocycles. The van der Waals surface area contributed by atoms with Gasteiger partial charge in [0.15, 0.2) is 0 Å². The number of fused-ring (bicyclic) bond motifs is 1. The molecule has 0 aliphatic carbocycles. The summed E-state index contributed by atoms with van der Waals surface area (Å²) in [4.78, 5) is 4.37. The van der Waals surface area contributed by atoms with Crippen molar-refractivity contribution in [1.29, 1.82) is 0 Å². The molecule has 3 rings (SSSR count).